The lowest BCUT2D eigenvalue weighted by Crippen LogP contribution is -2.08. The molecule has 1 aliphatic carbocycles. The predicted octanol–water partition coefficient (Wildman–Crippen LogP) is 13.7. The second kappa shape index (κ2) is 10.5. The van der Waals surface area contributed by atoms with E-state index in [2.05, 4.69) is 184 Å². The fraction of sp³-hybridized carbons (Fsp3) is 0.0769. The lowest BCUT2D eigenvalue weighted by Gasteiger charge is -2.18. The van der Waals surface area contributed by atoms with Gasteiger partial charge in [-0.25, -0.2) is 0 Å². The van der Waals surface area contributed by atoms with Crippen molar-refractivity contribution in [3.63, 3.8) is 0 Å². The SMILES string of the molecule is CN(C)c1cc2ccc3ccc(-c4ccc5c(c4)-c4cccc6c(-c7ccc8ccc9cc(N(C)C)cc%10ccc7c8c9%10)ccc-5c46)c4ccc(c1)c2c34. The molecule has 11 aromatic rings. The first-order valence-corrected chi connectivity index (χ1v) is 18.9. The first kappa shape index (κ1) is 29.9. The predicted molar refractivity (Wildman–Crippen MR) is 235 cm³/mol. The highest BCUT2D eigenvalue weighted by atomic mass is 15.1. The molecule has 54 heavy (non-hydrogen) atoms. The van der Waals surface area contributed by atoms with E-state index in [0.717, 1.165) is 0 Å². The molecule has 0 aliphatic heterocycles. The molecule has 0 unspecified atom stereocenters. The van der Waals surface area contributed by atoms with Crippen LogP contribution in [0, 0.1) is 0 Å². The summed E-state index contributed by atoms with van der Waals surface area (Å²) in [5, 5.41) is 18.5. The number of hydrogen-bond acceptors (Lipinski definition) is 2. The first-order valence-electron chi connectivity index (χ1n) is 18.9. The van der Waals surface area contributed by atoms with Gasteiger partial charge in [0.25, 0.3) is 0 Å². The summed E-state index contributed by atoms with van der Waals surface area (Å²) < 4.78 is 0. The Morgan fingerprint density at radius 1 is 0.278 bits per heavy atom. The number of anilines is 2. The molecule has 0 bridgehead atoms. The third-order valence-electron chi connectivity index (χ3n) is 12.4. The van der Waals surface area contributed by atoms with Crippen molar-refractivity contribution in [2.24, 2.45) is 0 Å². The molecule has 0 fully saturated rings. The van der Waals surface area contributed by atoms with Crippen LogP contribution in [-0.2, 0) is 0 Å². The summed E-state index contributed by atoms with van der Waals surface area (Å²) in [4.78, 5) is 4.39. The number of fused-ring (bicyclic) bond motifs is 3. The number of nitrogens with zero attached hydrogens (tertiary/aromatic N) is 2. The fourth-order valence-corrected chi connectivity index (χ4v) is 9.87. The van der Waals surface area contributed by atoms with E-state index >= 15 is 0 Å². The molecule has 0 N–H and O–H groups in total. The van der Waals surface area contributed by atoms with E-state index in [1.165, 1.54) is 131 Å². The van der Waals surface area contributed by atoms with Crippen molar-refractivity contribution in [2.75, 3.05) is 38.0 Å². The van der Waals surface area contributed by atoms with Gasteiger partial charge in [-0.05, 0) is 150 Å². The summed E-state index contributed by atoms with van der Waals surface area (Å²) >= 11 is 0. The molecule has 0 radical (unpaired) electrons. The van der Waals surface area contributed by atoms with E-state index in [-0.39, 0.29) is 0 Å². The molecule has 0 saturated carbocycles. The summed E-state index contributed by atoms with van der Waals surface area (Å²) in [6.45, 7) is 0. The van der Waals surface area contributed by atoms with Crippen LogP contribution in [0.2, 0.25) is 0 Å². The van der Waals surface area contributed by atoms with Crippen LogP contribution >= 0.6 is 0 Å². The minimum absolute atomic E-state index is 1.23. The average Bonchev–Trinajstić information content (AvgIpc) is 3.52. The van der Waals surface area contributed by atoms with Crippen LogP contribution in [0.4, 0.5) is 11.4 Å². The Labute approximate surface area is 313 Å². The van der Waals surface area contributed by atoms with Gasteiger partial charge in [-0.1, -0.05) is 115 Å². The molecular weight excluding hydrogens is 653 g/mol. The van der Waals surface area contributed by atoms with Crippen LogP contribution in [0.3, 0.4) is 0 Å². The molecular formula is C52H36N2. The molecule has 0 aromatic heterocycles. The van der Waals surface area contributed by atoms with E-state index in [0.29, 0.717) is 0 Å². The Balaban J connectivity index is 1.03. The lowest BCUT2D eigenvalue weighted by atomic mass is 9.87. The molecule has 0 saturated heterocycles. The molecule has 1 aliphatic rings. The zero-order valence-corrected chi connectivity index (χ0v) is 30.8. The molecule has 12 rings (SSSR count). The molecule has 0 heterocycles. The minimum Gasteiger partial charge on any atom is -0.378 e. The zero-order chi connectivity index (χ0) is 36.0. The van der Waals surface area contributed by atoms with Gasteiger partial charge in [0, 0.05) is 39.6 Å². The molecule has 0 spiro atoms. The number of hydrogen-bond donors (Lipinski definition) is 0. The Morgan fingerprint density at radius 2 is 0.704 bits per heavy atom. The number of rotatable bonds is 4. The van der Waals surface area contributed by atoms with Crippen molar-refractivity contribution in [1.82, 2.24) is 0 Å². The molecule has 0 amide bonds. The van der Waals surface area contributed by atoms with Crippen LogP contribution < -0.4 is 9.80 Å². The van der Waals surface area contributed by atoms with Gasteiger partial charge in [-0.15, -0.1) is 0 Å². The summed E-state index contributed by atoms with van der Waals surface area (Å²) in [5.74, 6) is 0. The maximum absolute atomic E-state index is 2.44. The van der Waals surface area contributed by atoms with Crippen molar-refractivity contribution in [1.29, 1.82) is 0 Å². The third kappa shape index (κ3) is 3.90. The first-order chi connectivity index (χ1) is 26.4. The highest BCUT2D eigenvalue weighted by Gasteiger charge is 2.25. The Bertz CT molecular complexity index is 3350. The van der Waals surface area contributed by atoms with Gasteiger partial charge in [0.15, 0.2) is 0 Å². The highest BCUT2D eigenvalue weighted by molar-refractivity contribution is 6.29. The highest BCUT2D eigenvalue weighted by Crippen LogP contribution is 2.52. The summed E-state index contributed by atoms with van der Waals surface area (Å²) in [5.41, 5.74) is 12.9. The summed E-state index contributed by atoms with van der Waals surface area (Å²) in [6.07, 6.45) is 0. The van der Waals surface area contributed by atoms with Crippen LogP contribution in [0.5, 0.6) is 0 Å². The maximum atomic E-state index is 2.44. The van der Waals surface area contributed by atoms with Crippen molar-refractivity contribution < 1.29 is 0 Å². The third-order valence-corrected chi connectivity index (χ3v) is 12.4. The fourth-order valence-electron chi connectivity index (χ4n) is 9.87. The Morgan fingerprint density at radius 3 is 1.30 bits per heavy atom. The topological polar surface area (TPSA) is 6.48 Å². The Kier molecular flexibility index (Phi) is 5.81. The van der Waals surface area contributed by atoms with E-state index in [1.807, 2.05) is 0 Å². The molecule has 0 atom stereocenters. The van der Waals surface area contributed by atoms with Crippen LogP contribution in [0.1, 0.15) is 0 Å². The van der Waals surface area contributed by atoms with Gasteiger partial charge >= 0.3 is 0 Å². The van der Waals surface area contributed by atoms with Gasteiger partial charge < -0.3 is 9.80 Å². The lowest BCUT2D eigenvalue weighted by molar-refractivity contribution is 1.14. The standard InChI is InChI=1S/C52H36N2/c1-53(2)36-24-32-10-8-29-12-17-38(44-20-15-34(26-36)48(32)50(29)44)31-14-19-41-46-23-22-40(42-6-5-7-43(52(42)46)47(41)28-31)39-18-13-30-9-11-33-25-37(54(3)4)27-35-16-21-45(39)51(30)49(33)35/h5-28H,1-4H3. The van der Waals surface area contributed by atoms with Gasteiger partial charge in [-0.3, -0.25) is 0 Å². The molecule has 2 heteroatoms. The quantitative estimate of drug-likeness (QED) is 0.170. The molecule has 254 valence electrons. The van der Waals surface area contributed by atoms with Crippen LogP contribution in [-0.4, -0.2) is 28.2 Å². The van der Waals surface area contributed by atoms with E-state index < -0.39 is 0 Å². The van der Waals surface area contributed by atoms with Gasteiger partial charge in [0.2, 0.25) is 0 Å². The maximum Gasteiger partial charge on any atom is 0.0373 e. The van der Waals surface area contributed by atoms with Crippen molar-refractivity contribution in [3.05, 3.63) is 146 Å². The van der Waals surface area contributed by atoms with E-state index in [9.17, 15) is 0 Å². The average molecular weight is 689 g/mol. The van der Waals surface area contributed by atoms with E-state index in [1.54, 1.807) is 0 Å². The summed E-state index contributed by atoms with van der Waals surface area (Å²) in [7, 11) is 8.47. The summed E-state index contributed by atoms with van der Waals surface area (Å²) in [6, 6.07) is 55.8. The van der Waals surface area contributed by atoms with Gasteiger partial charge in [0.05, 0.1) is 0 Å². The normalized spacial score (nSPS) is 12.4. The molecule has 11 aromatic carbocycles. The Hall–Kier alpha value is -6.64. The van der Waals surface area contributed by atoms with Crippen LogP contribution in [0.25, 0.3) is 120 Å². The van der Waals surface area contributed by atoms with Gasteiger partial charge in [-0.2, -0.15) is 0 Å². The number of benzene rings is 11. The van der Waals surface area contributed by atoms with Crippen molar-refractivity contribution in [3.8, 4) is 44.5 Å². The monoisotopic (exact) mass is 688 g/mol. The largest absolute Gasteiger partial charge is 0.378 e. The van der Waals surface area contributed by atoms with Gasteiger partial charge in [0.1, 0.15) is 0 Å². The van der Waals surface area contributed by atoms with E-state index in [4.69, 9.17) is 0 Å². The zero-order valence-electron chi connectivity index (χ0n) is 30.8. The smallest absolute Gasteiger partial charge is 0.0373 e. The van der Waals surface area contributed by atoms with Crippen LogP contribution in [0.15, 0.2) is 146 Å². The second-order valence-corrected chi connectivity index (χ2v) is 15.8. The van der Waals surface area contributed by atoms with Crippen molar-refractivity contribution >= 4 is 86.8 Å². The second-order valence-electron chi connectivity index (χ2n) is 15.8. The van der Waals surface area contributed by atoms with Crippen molar-refractivity contribution in [2.45, 2.75) is 0 Å². The molecule has 2 nitrogen and oxygen atoms in total. The minimum atomic E-state index is 1.23.